The van der Waals surface area contributed by atoms with Gasteiger partial charge in [0.1, 0.15) is 5.75 Å². The van der Waals surface area contributed by atoms with Gasteiger partial charge in [-0.2, -0.15) is 4.98 Å². The summed E-state index contributed by atoms with van der Waals surface area (Å²) in [6.45, 7) is 5.05. The van der Waals surface area contributed by atoms with Crippen molar-refractivity contribution >= 4 is 15.9 Å². The zero-order chi connectivity index (χ0) is 14.5. The van der Waals surface area contributed by atoms with E-state index in [1.807, 2.05) is 39.1 Å². The van der Waals surface area contributed by atoms with Gasteiger partial charge >= 0.3 is 0 Å². The summed E-state index contributed by atoms with van der Waals surface area (Å²) in [5.41, 5.74) is 1.07. The van der Waals surface area contributed by atoms with Gasteiger partial charge in [0.25, 0.3) is 5.89 Å². The second-order valence-corrected chi connectivity index (χ2v) is 5.69. The van der Waals surface area contributed by atoms with E-state index in [2.05, 4.69) is 31.4 Å². The summed E-state index contributed by atoms with van der Waals surface area (Å²) < 4.78 is 12.0. The third kappa shape index (κ3) is 3.80. The van der Waals surface area contributed by atoms with Gasteiger partial charge in [0.05, 0.1) is 0 Å². The number of nitrogens with one attached hydrogen (secondary N) is 1. The van der Waals surface area contributed by atoms with Gasteiger partial charge in [-0.15, -0.1) is 0 Å². The van der Waals surface area contributed by atoms with Crippen LogP contribution >= 0.6 is 15.9 Å². The first-order chi connectivity index (χ1) is 9.60. The molecule has 6 heteroatoms. The fraction of sp³-hybridized carbons (Fsp3) is 0.429. The van der Waals surface area contributed by atoms with Crippen molar-refractivity contribution in [3.63, 3.8) is 0 Å². The van der Waals surface area contributed by atoms with Crippen LogP contribution in [0.25, 0.3) is 0 Å². The molecule has 1 N–H and O–H groups in total. The fourth-order valence-corrected chi connectivity index (χ4v) is 2.13. The number of benzene rings is 1. The third-order valence-electron chi connectivity index (χ3n) is 2.74. The maximum atomic E-state index is 5.77. The number of nitrogens with zero attached hydrogens (tertiary/aromatic N) is 2. The lowest BCUT2D eigenvalue weighted by Gasteiger charge is -2.10. The van der Waals surface area contributed by atoms with Crippen LogP contribution in [0.5, 0.6) is 5.75 Å². The molecule has 0 aliphatic carbocycles. The molecule has 0 fully saturated rings. The molecule has 108 valence electrons. The van der Waals surface area contributed by atoms with Crippen LogP contribution in [-0.4, -0.2) is 17.2 Å². The lowest BCUT2D eigenvalue weighted by molar-refractivity contribution is 0.240. The van der Waals surface area contributed by atoms with Crippen molar-refractivity contribution in [1.82, 2.24) is 15.5 Å². The summed E-state index contributed by atoms with van der Waals surface area (Å²) in [5.74, 6) is 2.26. The molecule has 5 nitrogen and oxygen atoms in total. The summed E-state index contributed by atoms with van der Waals surface area (Å²) in [6, 6.07) is 5.90. The van der Waals surface area contributed by atoms with Gasteiger partial charge < -0.3 is 14.6 Å². The monoisotopic (exact) mass is 339 g/mol. The molecular formula is C14H18BrN3O2. The Balaban J connectivity index is 2.06. The van der Waals surface area contributed by atoms with E-state index in [1.165, 1.54) is 0 Å². The standard InChI is InChI=1S/C14H18BrN3O2/c1-9(2)14-17-13(20-18-14)8-19-12-5-4-11(15)6-10(12)7-16-3/h4-6,9,16H,7-8H2,1-3H3. The maximum Gasteiger partial charge on any atom is 0.264 e. The van der Waals surface area contributed by atoms with E-state index in [0.29, 0.717) is 11.7 Å². The van der Waals surface area contributed by atoms with Gasteiger partial charge in [-0.05, 0) is 25.2 Å². The molecule has 0 bridgehead atoms. The average molecular weight is 340 g/mol. The highest BCUT2D eigenvalue weighted by molar-refractivity contribution is 9.10. The molecule has 0 saturated heterocycles. The van der Waals surface area contributed by atoms with Crippen molar-refractivity contribution in [1.29, 1.82) is 0 Å². The molecule has 0 amide bonds. The Hall–Kier alpha value is -1.40. The van der Waals surface area contributed by atoms with Crippen LogP contribution in [0.3, 0.4) is 0 Å². The minimum absolute atomic E-state index is 0.250. The maximum absolute atomic E-state index is 5.77. The third-order valence-corrected chi connectivity index (χ3v) is 3.23. The molecule has 0 spiro atoms. The first-order valence-electron chi connectivity index (χ1n) is 6.48. The highest BCUT2D eigenvalue weighted by Crippen LogP contribution is 2.24. The lowest BCUT2D eigenvalue weighted by Crippen LogP contribution is -2.07. The Morgan fingerprint density at radius 3 is 2.85 bits per heavy atom. The van der Waals surface area contributed by atoms with E-state index < -0.39 is 0 Å². The largest absolute Gasteiger partial charge is 0.483 e. The molecular weight excluding hydrogens is 322 g/mol. The Morgan fingerprint density at radius 1 is 1.40 bits per heavy atom. The predicted octanol–water partition coefficient (Wildman–Crippen LogP) is 3.25. The van der Waals surface area contributed by atoms with E-state index >= 15 is 0 Å². The van der Waals surface area contributed by atoms with E-state index in [0.717, 1.165) is 22.3 Å². The lowest BCUT2D eigenvalue weighted by atomic mass is 10.2. The van der Waals surface area contributed by atoms with Crippen molar-refractivity contribution in [3.8, 4) is 5.75 Å². The second-order valence-electron chi connectivity index (χ2n) is 4.77. The van der Waals surface area contributed by atoms with E-state index in [4.69, 9.17) is 9.26 Å². The second kappa shape index (κ2) is 6.85. The number of ether oxygens (including phenoxy) is 1. The van der Waals surface area contributed by atoms with Crippen LogP contribution < -0.4 is 10.1 Å². The zero-order valence-electron chi connectivity index (χ0n) is 11.8. The molecule has 0 radical (unpaired) electrons. The Bertz CT molecular complexity index is 569. The van der Waals surface area contributed by atoms with Crippen LogP contribution in [0.1, 0.15) is 37.0 Å². The fourth-order valence-electron chi connectivity index (χ4n) is 1.72. The average Bonchev–Trinajstić information content (AvgIpc) is 2.87. The molecule has 0 saturated carbocycles. The quantitative estimate of drug-likeness (QED) is 0.875. The van der Waals surface area contributed by atoms with Gasteiger partial charge in [-0.1, -0.05) is 34.9 Å². The molecule has 0 aliphatic rings. The normalized spacial score (nSPS) is 11.1. The Kier molecular flexibility index (Phi) is 5.14. The summed E-state index contributed by atoms with van der Waals surface area (Å²) in [7, 11) is 1.90. The number of halogens is 1. The highest BCUT2D eigenvalue weighted by Gasteiger charge is 2.11. The van der Waals surface area contributed by atoms with Gasteiger partial charge in [-0.3, -0.25) is 0 Å². The smallest absolute Gasteiger partial charge is 0.264 e. The molecule has 2 rings (SSSR count). The molecule has 0 unspecified atom stereocenters. The van der Waals surface area contributed by atoms with E-state index in [9.17, 15) is 0 Å². The van der Waals surface area contributed by atoms with Crippen molar-refractivity contribution in [3.05, 3.63) is 40.0 Å². The summed E-state index contributed by atoms with van der Waals surface area (Å²) in [4.78, 5) is 4.29. The highest BCUT2D eigenvalue weighted by atomic mass is 79.9. The van der Waals surface area contributed by atoms with Gasteiger partial charge in [0, 0.05) is 22.5 Å². The van der Waals surface area contributed by atoms with Crippen LogP contribution in [0.2, 0.25) is 0 Å². The zero-order valence-corrected chi connectivity index (χ0v) is 13.4. The number of rotatable bonds is 6. The SMILES string of the molecule is CNCc1cc(Br)ccc1OCc1nc(C(C)C)no1. The van der Waals surface area contributed by atoms with Crippen LogP contribution in [-0.2, 0) is 13.2 Å². The molecule has 1 aromatic heterocycles. The first-order valence-corrected chi connectivity index (χ1v) is 7.27. The number of hydrogen-bond donors (Lipinski definition) is 1. The minimum atomic E-state index is 0.250. The Morgan fingerprint density at radius 2 is 2.20 bits per heavy atom. The minimum Gasteiger partial charge on any atom is -0.483 e. The molecule has 2 aromatic rings. The van der Waals surface area contributed by atoms with Crippen LogP contribution in [0.15, 0.2) is 27.2 Å². The van der Waals surface area contributed by atoms with E-state index in [1.54, 1.807) is 0 Å². The Labute approximate surface area is 126 Å². The van der Waals surface area contributed by atoms with Gasteiger partial charge in [0.15, 0.2) is 12.4 Å². The summed E-state index contributed by atoms with van der Waals surface area (Å²) in [6.07, 6.45) is 0. The van der Waals surface area contributed by atoms with Gasteiger partial charge in [-0.25, -0.2) is 0 Å². The van der Waals surface area contributed by atoms with Crippen molar-refractivity contribution < 1.29 is 9.26 Å². The van der Waals surface area contributed by atoms with Crippen LogP contribution in [0, 0.1) is 0 Å². The van der Waals surface area contributed by atoms with Crippen molar-refractivity contribution in [2.24, 2.45) is 0 Å². The van der Waals surface area contributed by atoms with Crippen molar-refractivity contribution in [2.45, 2.75) is 32.9 Å². The van der Waals surface area contributed by atoms with E-state index in [-0.39, 0.29) is 12.5 Å². The van der Waals surface area contributed by atoms with Crippen LogP contribution in [0.4, 0.5) is 0 Å². The van der Waals surface area contributed by atoms with Gasteiger partial charge in [0.2, 0.25) is 0 Å². The number of hydrogen-bond acceptors (Lipinski definition) is 5. The predicted molar refractivity (Wildman–Crippen MR) is 79.6 cm³/mol. The molecule has 0 atom stereocenters. The molecule has 0 aliphatic heterocycles. The first kappa shape index (κ1) is 15.0. The van der Waals surface area contributed by atoms with Crippen molar-refractivity contribution in [2.75, 3.05) is 7.05 Å². The molecule has 1 heterocycles. The molecule has 20 heavy (non-hydrogen) atoms. The number of aromatic nitrogens is 2. The summed E-state index contributed by atoms with van der Waals surface area (Å²) >= 11 is 3.46. The molecule has 1 aromatic carbocycles. The topological polar surface area (TPSA) is 60.2 Å². The summed E-state index contributed by atoms with van der Waals surface area (Å²) in [5, 5.41) is 7.03.